The Bertz CT molecular complexity index is 1690. The fourth-order valence-electron chi connectivity index (χ4n) is 11.4. The summed E-state index contributed by atoms with van der Waals surface area (Å²) in [5.74, 6) is 4.12. The zero-order valence-corrected chi connectivity index (χ0v) is 42.1. The fourth-order valence-corrected chi connectivity index (χ4v) is 11.4. The van der Waals surface area contributed by atoms with Crippen molar-refractivity contribution in [3.63, 3.8) is 0 Å². The van der Waals surface area contributed by atoms with Gasteiger partial charge in [-0.2, -0.15) is 0 Å². The van der Waals surface area contributed by atoms with Crippen molar-refractivity contribution in [2.24, 2.45) is 35.5 Å². The molecular formula is C54H88O14. The van der Waals surface area contributed by atoms with Crippen LogP contribution < -0.4 is 9.47 Å². The van der Waals surface area contributed by atoms with Crippen molar-refractivity contribution < 1.29 is 70.0 Å². The molecule has 0 radical (unpaired) electrons. The highest BCUT2D eigenvalue weighted by Crippen LogP contribution is 2.52. The average Bonchev–Trinajstić information content (AvgIpc) is 3.29. The van der Waals surface area contributed by atoms with Gasteiger partial charge in [0.05, 0.1) is 13.2 Å². The first-order chi connectivity index (χ1) is 32.3. The number of aromatic hydroxyl groups is 2. The van der Waals surface area contributed by atoms with Crippen LogP contribution in [0.1, 0.15) is 167 Å². The molecule has 0 unspecified atom stereocenters. The van der Waals surface area contributed by atoms with Crippen LogP contribution in [0.25, 0.3) is 0 Å². The summed E-state index contributed by atoms with van der Waals surface area (Å²) in [5, 5.41) is 104. The number of phenols is 2. The minimum absolute atomic E-state index is 0.0910. The molecular weight excluding hydrogens is 873 g/mol. The number of hydrogen-bond donors (Lipinski definition) is 10. The molecule has 0 bridgehead atoms. The Morgan fingerprint density at radius 2 is 0.897 bits per heavy atom. The van der Waals surface area contributed by atoms with Gasteiger partial charge >= 0.3 is 0 Å². The second kappa shape index (κ2) is 26.1. The number of ether oxygens (including phenoxy) is 4. The summed E-state index contributed by atoms with van der Waals surface area (Å²) < 4.78 is 23.6. The van der Waals surface area contributed by atoms with Gasteiger partial charge in [-0.05, 0) is 134 Å². The fraction of sp³-hybridized carbons (Fsp3) is 0.778. The van der Waals surface area contributed by atoms with Crippen molar-refractivity contribution in [3.8, 4) is 23.0 Å². The first-order valence-corrected chi connectivity index (χ1v) is 26.0. The Labute approximate surface area is 405 Å². The summed E-state index contributed by atoms with van der Waals surface area (Å²) >= 11 is 0. The topological polar surface area (TPSA) is 239 Å². The van der Waals surface area contributed by atoms with Crippen LogP contribution in [-0.4, -0.2) is 126 Å². The Kier molecular flexibility index (Phi) is 21.5. The highest BCUT2D eigenvalue weighted by molar-refractivity contribution is 5.51. The van der Waals surface area contributed by atoms with E-state index in [2.05, 4.69) is 55.4 Å². The molecule has 14 heteroatoms. The molecule has 10 N–H and O–H groups in total. The van der Waals surface area contributed by atoms with Crippen molar-refractivity contribution >= 4 is 0 Å². The number of aliphatic hydroxyl groups excluding tert-OH is 8. The third-order valence-corrected chi connectivity index (χ3v) is 15.5. The molecule has 68 heavy (non-hydrogen) atoms. The third-order valence-electron chi connectivity index (χ3n) is 15.5. The molecule has 0 amide bonds. The Morgan fingerprint density at radius 3 is 1.22 bits per heavy atom. The number of benzene rings is 2. The van der Waals surface area contributed by atoms with Crippen LogP contribution in [0.5, 0.6) is 23.0 Å². The van der Waals surface area contributed by atoms with E-state index in [0.717, 1.165) is 112 Å². The van der Waals surface area contributed by atoms with Gasteiger partial charge in [0.2, 0.25) is 12.6 Å². The van der Waals surface area contributed by atoms with Crippen LogP contribution in [-0.2, 0) is 22.3 Å². The minimum atomic E-state index is -1.52. The van der Waals surface area contributed by atoms with Gasteiger partial charge in [0.25, 0.3) is 0 Å². The highest BCUT2D eigenvalue weighted by Gasteiger charge is 2.47. The first kappa shape index (κ1) is 56.2. The summed E-state index contributed by atoms with van der Waals surface area (Å²) in [6.07, 6.45) is 0.637. The van der Waals surface area contributed by atoms with Gasteiger partial charge in [-0.25, -0.2) is 0 Å². The van der Waals surface area contributed by atoms with Crippen molar-refractivity contribution in [2.45, 2.75) is 219 Å². The Hall–Kier alpha value is -2.76. The van der Waals surface area contributed by atoms with Crippen LogP contribution in [0.4, 0.5) is 0 Å². The molecule has 2 heterocycles. The molecule has 2 aromatic carbocycles. The molecule has 2 aromatic rings. The molecule has 2 saturated carbocycles. The maximum Gasteiger partial charge on any atom is 0.229 e. The van der Waals surface area contributed by atoms with Gasteiger partial charge < -0.3 is 70.0 Å². The van der Waals surface area contributed by atoms with Gasteiger partial charge in [0, 0.05) is 11.1 Å². The lowest BCUT2D eigenvalue weighted by Crippen LogP contribution is -2.60. The van der Waals surface area contributed by atoms with E-state index in [1.54, 1.807) is 0 Å². The number of rotatable bonds is 18. The summed E-state index contributed by atoms with van der Waals surface area (Å²) in [7, 11) is 0. The summed E-state index contributed by atoms with van der Waals surface area (Å²) in [4.78, 5) is 0. The average molecular weight is 961 g/mol. The van der Waals surface area contributed by atoms with Crippen molar-refractivity contribution in [1.82, 2.24) is 0 Å². The molecule has 4 aliphatic rings. The number of unbranched alkanes of at least 4 members (excludes halogenated alkanes) is 4. The largest absolute Gasteiger partial charge is 0.508 e. The molecule has 4 fully saturated rings. The van der Waals surface area contributed by atoms with E-state index >= 15 is 0 Å². The van der Waals surface area contributed by atoms with Crippen LogP contribution >= 0.6 is 0 Å². The molecule has 388 valence electrons. The molecule has 0 aromatic heterocycles. The van der Waals surface area contributed by atoms with Crippen LogP contribution in [0.3, 0.4) is 0 Å². The molecule has 2 aliphatic carbocycles. The van der Waals surface area contributed by atoms with E-state index in [1.807, 2.05) is 24.3 Å². The normalized spacial score (nSPS) is 34.4. The number of aryl methyl sites for hydroxylation is 2. The third kappa shape index (κ3) is 13.8. The lowest BCUT2D eigenvalue weighted by Gasteiger charge is -2.41. The number of phenolic OH excluding ortho intramolecular Hbond substituents is 2. The molecule has 2 saturated heterocycles. The second-order valence-corrected chi connectivity index (χ2v) is 21.5. The smallest absolute Gasteiger partial charge is 0.229 e. The highest BCUT2D eigenvalue weighted by atomic mass is 16.7. The number of hydrogen-bond acceptors (Lipinski definition) is 14. The van der Waals surface area contributed by atoms with Gasteiger partial charge in [0.1, 0.15) is 71.8 Å². The van der Waals surface area contributed by atoms with E-state index in [4.69, 9.17) is 18.9 Å². The second-order valence-electron chi connectivity index (χ2n) is 21.5. The summed E-state index contributed by atoms with van der Waals surface area (Å²) in [5.41, 5.74) is 3.33. The first-order valence-electron chi connectivity index (χ1n) is 26.0. The molecule has 0 spiro atoms. The maximum absolute atomic E-state index is 11.2. The molecule has 14 nitrogen and oxygen atoms in total. The lowest BCUT2D eigenvalue weighted by atomic mass is 9.67. The monoisotopic (exact) mass is 961 g/mol. The predicted molar refractivity (Wildman–Crippen MR) is 260 cm³/mol. The van der Waals surface area contributed by atoms with E-state index < -0.39 is 74.6 Å². The molecule has 2 aliphatic heterocycles. The van der Waals surface area contributed by atoms with Crippen molar-refractivity contribution in [1.29, 1.82) is 0 Å². The zero-order valence-electron chi connectivity index (χ0n) is 42.1. The van der Waals surface area contributed by atoms with Crippen LogP contribution in [0, 0.1) is 35.5 Å². The predicted octanol–water partition coefficient (Wildman–Crippen LogP) is 6.96. The summed E-state index contributed by atoms with van der Waals surface area (Å²) in [6, 6.07) is 7.51. The molecule has 6 rings (SSSR count). The van der Waals surface area contributed by atoms with E-state index in [0.29, 0.717) is 47.0 Å². The van der Waals surface area contributed by atoms with E-state index in [9.17, 15) is 51.1 Å². The van der Waals surface area contributed by atoms with E-state index in [-0.39, 0.29) is 23.3 Å². The van der Waals surface area contributed by atoms with E-state index in [1.165, 1.54) is 0 Å². The number of aliphatic hydroxyl groups is 8. The molecule has 16 atom stereocenters. The van der Waals surface area contributed by atoms with Gasteiger partial charge in [-0.3, -0.25) is 0 Å². The van der Waals surface area contributed by atoms with Gasteiger partial charge in [-0.15, -0.1) is 0 Å². The van der Waals surface area contributed by atoms with Crippen molar-refractivity contribution in [2.75, 3.05) is 13.2 Å². The summed E-state index contributed by atoms with van der Waals surface area (Å²) in [6.45, 7) is 16.6. The Balaban J connectivity index is 0.000000254. The standard InChI is InChI=1S/2C27H44O7/c2*1-5-6-7-8-17-12-20(29)23(19-11-16(4)9-10-18(19)15(2)3)21(13-17)33-27-26(32)25(31)24(30)22(14-28)34-27/h2*12-13,15-16,18-19,22,24-32H,5-11,14H2,1-4H3/t16-,18+,19-,22-,24-,25+,26-,27-;16-,18-,19+,22+,24+,25-,26+,27+/m10/s1. The van der Waals surface area contributed by atoms with Crippen LogP contribution in [0.15, 0.2) is 24.3 Å². The van der Waals surface area contributed by atoms with Crippen molar-refractivity contribution in [3.05, 3.63) is 46.5 Å². The SMILES string of the molecule is CCCCCc1cc(O)c([C@@H]2C[C@@H](C)CC[C@H]2C(C)C)c(O[C@@H]2O[C@H](CO)[C@@H](O)[C@H](O)[C@H]2O)c1.CCCCCc1cc(O)c([C@@H]2C[C@H](C)CC[C@H]2C(C)C)c(O[C@@H]2O[C@H](CO)[C@@H](O)[C@H](O)[C@H]2O)c1. The van der Waals surface area contributed by atoms with Gasteiger partial charge in [0.15, 0.2) is 0 Å². The lowest BCUT2D eigenvalue weighted by molar-refractivity contribution is -0.277. The maximum atomic E-state index is 11.2. The quantitative estimate of drug-likeness (QED) is 0.0681. The van der Waals surface area contributed by atoms with Gasteiger partial charge in [-0.1, -0.05) is 93.9 Å². The zero-order chi connectivity index (χ0) is 50.0. The minimum Gasteiger partial charge on any atom is -0.508 e. The van der Waals surface area contributed by atoms with Crippen LogP contribution in [0.2, 0.25) is 0 Å². The Morgan fingerprint density at radius 1 is 0.529 bits per heavy atom.